The van der Waals surface area contributed by atoms with Crippen LogP contribution in [0.15, 0.2) is 103 Å². The van der Waals surface area contributed by atoms with Crippen LogP contribution < -0.4 is 4.74 Å². The van der Waals surface area contributed by atoms with E-state index < -0.39 is 0 Å². The molecule has 0 unspecified atom stereocenters. The largest absolute Gasteiger partial charge is 0.503 e. The van der Waals surface area contributed by atoms with Gasteiger partial charge in [0.15, 0.2) is 0 Å². The van der Waals surface area contributed by atoms with E-state index in [1.165, 1.54) is 5.56 Å². The van der Waals surface area contributed by atoms with Crippen molar-refractivity contribution in [1.82, 2.24) is 19.4 Å². The maximum Gasteiger partial charge on any atom is 0.229 e. The Morgan fingerprint density at radius 1 is 0.881 bits per heavy atom. The average molecular weight is 733 g/mol. The number of ether oxygens (including phenoxy) is 3. The van der Waals surface area contributed by atoms with Gasteiger partial charge in [0.05, 0.1) is 6.26 Å². The molecule has 0 bridgehead atoms. The molecular weight excluding hydrogens is 707 g/mol. The summed E-state index contributed by atoms with van der Waals surface area (Å²) >= 11 is 0. The van der Waals surface area contributed by atoms with Crippen LogP contribution in [0.5, 0.6) is 11.5 Å². The molecule has 2 aromatic heterocycles. The van der Waals surface area contributed by atoms with Crippen LogP contribution in [0.1, 0.15) is 31.9 Å². The van der Waals surface area contributed by atoms with Gasteiger partial charge in [-0.15, -0.1) is 48.0 Å². The molecule has 0 fully saturated rings. The number of hydrogen-bond donors (Lipinski definition) is 0. The van der Waals surface area contributed by atoms with Crippen molar-refractivity contribution in [3.05, 3.63) is 133 Å². The van der Waals surface area contributed by atoms with Crippen LogP contribution in [-0.2, 0) is 36.0 Å². The third kappa shape index (κ3) is 4.19. The second kappa shape index (κ2) is 9.81. The molecule has 212 valence electrons. The minimum Gasteiger partial charge on any atom is -0.503 e. The summed E-state index contributed by atoms with van der Waals surface area (Å²) in [5.74, 6) is 3.29. The quantitative estimate of drug-likeness (QED) is 0.178. The molecule has 3 aliphatic heterocycles. The number of hydrogen-bond acceptors (Lipinski definition) is 6. The van der Waals surface area contributed by atoms with E-state index in [-0.39, 0.29) is 26.5 Å². The predicted octanol–water partition coefficient (Wildman–Crippen LogP) is 7.56. The molecule has 8 rings (SSSR count). The second-order valence-corrected chi connectivity index (χ2v) is 11.1. The van der Waals surface area contributed by atoms with Gasteiger partial charge in [0.2, 0.25) is 11.8 Å². The van der Waals surface area contributed by atoms with Crippen LogP contribution in [0.4, 0.5) is 0 Å². The first-order chi connectivity index (χ1) is 19.9. The number of para-hydroxylation sites is 1. The van der Waals surface area contributed by atoms with Crippen LogP contribution in [0.25, 0.3) is 33.3 Å². The zero-order chi connectivity index (χ0) is 27.7. The van der Waals surface area contributed by atoms with Crippen molar-refractivity contribution >= 4 is 27.5 Å². The summed E-state index contributed by atoms with van der Waals surface area (Å²) in [6.45, 7) is 8.55. The number of aromatic nitrogens is 2. The average Bonchev–Trinajstić information content (AvgIpc) is 3.73. The Morgan fingerprint density at radius 2 is 1.74 bits per heavy atom. The fourth-order valence-corrected chi connectivity index (χ4v) is 5.42. The number of fused-ring (bicyclic) bond motifs is 5. The molecule has 0 saturated heterocycles. The van der Waals surface area contributed by atoms with Gasteiger partial charge in [-0.1, -0.05) is 50.6 Å². The van der Waals surface area contributed by atoms with E-state index in [0.717, 1.165) is 38.9 Å². The van der Waals surface area contributed by atoms with Gasteiger partial charge in [-0.25, -0.2) is 4.98 Å². The maximum atomic E-state index is 6.34. The Morgan fingerprint density at radius 3 is 2.62 bits per heavy atom. The van der Waals surface area contributed by atoms with Crippen LogP contribution in [0, 0.1) is 18.8 Å². The van der Waals surface area contributed by atoms with E-state index in [9.17, 15) is 0 Å². The molecule has 7 nitrogen and oxygen atoms in total. The van der Waals surface area contributed by atoms with Gasteiger partial charge in [0.25, 0.3) is 0 Å². The summed E-state index contributed by atoms with van der Waals surface area (Å²) in [5.41, 5.74) is 4.87. The topological polar surface area (TPSA) is 52.0 Å². The Labute approximate surface area is 258 Å². The van der Waals surface area contributed by atoms with Gasteiger partial charge in [0.1, 0.15) is 12.1 Å². The van der Waals surface area contributed by atoms with Gasteiger partial charge in [-0.05, 0) is 40.3 Å². The third-order valence-corrected chi connectivity index (χ3v) is 7.48. The van der Waals surface area contributed by atoms with Crippen LogP contribution in [0.3, 0.4) is 0 Å². The van der Waals surface area contributed by atoms with Crippen molar-refractivity contribution in [2.24, 2.45) is 0 Å². The van der Waals surface area contributed by atoms with Crippen LogP contribution in [-0.4, -0.2) is 19.4 Å². The molecule has 5 aromatic rings. The Hall–Kier alpha value is -4.48. The number of nitrogens with zero attached hydrogens (tertiary/aromatic N) is 4. The minimum atomic E-state index is -0.000976. The number of benzene rings is 3. The van der Waals surface area contributed by atoms with Crippen LogP contribution >= 0.6 is 0 Å². The van der Waals surface area contributed by atoms with Crippen molar-refractivity contribution in [3.8, 4) is 17.3 Å². The molecule has 0 spiro atoms. The monoisotopic (exact) mass is 732 g/mol. The smallest absolute Gasteiger partial charge is 0.229 e. The third-order valence-electron chi connectivity index (χ3n) is 7.48. The molecular formula is C34H25N4O3Pt-3. The van der Waals surface area contributed by atoms with E-state index in [1.807, 2.05) is 53.1 Å². The Kier molecular flexibility index (Phi) is 6.17. The molecule has 0 radical (unpaired) electrons. The SMILES string of the molecule is CC(C)(C)c1ccnc(-n2c3[c-]c(Oc4[c-]c(C5=COC6=C7OC=CN7[CH-]N56)ccc4)ccc3c3ccccc32)c1.[Pt]. The molecule has 3 aliphatic rings. The first-order valence-electron chi connectivity index (χ1n) is 13.4. The van der Waals surface area contributed by atoms with Crippen molar-refractivity contribution in [2.45, 2.75) is 26.2 Å². The summed E-state index contributed by atoms with van der Waals surface area (Å²) in [6, 6.07) is 29.4. The molecule has 42 heavy (non-hydrogen) atoms. The predicted molar refractivity (Wildman–Crippen MR) is 156 cm³/mol. The van der Waals surface area contributed by atoms with Gasteiger partial charge in [0, 0.05) is 50.5 Å². The van der Waals surface area contributed by atoms with E-state index in [0.29, 0.717) is 23.3 Å². The molecule has 0 N–H and O–H groups in total. The first-order valence-corrected chi connectivity index (χ1v) is 13.4. The first kappa shape index (κ1) is 26.4. The molecule has 3 aromatic carbocycles. The van der Waals surface area contributed by atoms with Crippen molar-refractivity contribution in [1.29, 1.82) is 0 Å². The van der Waals surface area contributed by atoms with Gasteiger partial charge in [-0.3, -0.25) is 0 Å². The normalized spacial score (nSPS) is 15.5. The molecule has 5 heterocycles. The number of rotatable bonds is 4. The summed E-state index contributed by atoms with van der Waals surface area (Å²) in [4.78, 5) is 8.57. The molecule has 8 heteroatoms. The van der Waals surface area contributed by atoms with Crippen molar-refractivity contribution < 1.29 is 35.3 Å². The molecule has 0 atom stereocenters. The molecule has 0 aliphatic carbocycles. The fourth-order valence-electron chi connectivity index (χ4n) is 5.42. The fraction of sp³-hybridized carbons (Fsp3) is 0.118. The van der Waals surface area contributed by atoms with Crippen molar-refractivity contribution in [2.75, 3.05) is 0 Å². The van der Waals surface area contributed by atoms with E-state index in [2.05, 4.69) is 79.9 Å². The van der Waals surface area contributed by atoms with E-state index in [1.54, 1.807) is 12.5 Å². The second-order valence-electron chi connectivity index (χ2n) is 11.1. The van der Waals surface area contributed by atoms with Gasteiger partial charge >= 0.3 is 0 Å². The Bertz CT molecular complexity index is 1970. The zero-order valence-electron chi connectivity index (χ0n) is 23.1. The van der Waals surface area contributed by atoms with E-state index in [4.69, 9.17) is 19.2 Å². The maximum absolute atomic E-state index is 6.34. The van der Waals surface area contributed by atoms with Gasteiger partial charge < -0.3 is 28.6 Å². The van der Waals surface area contributed by atoms with E-state index >= 15 is 0 Å². The zero-order valence-corrected chi connectivity index (χ0v) is 25.3. The number of pyridine rings is 1. The molecule has 0 amide bonds. The van der Waals surface area contributed by atoms with Crippen LogP contribution in [0.2, 0.25) is 0 Å². The standard InChI is InChI=1S/C34H25N4O3.Pt/c1-34(2,3)23-13-14-35-31(18-23)38-28-10-5-4-9-26(28)27-12-11-25(19-29(27)38)41-24-8-6-7-22(17-24)30-20-40-33-32-36(15-16-39-32)21-37(30)33;/h4-16,18,20-21H,1-3H3;/q-3;. The summed E-state index contributed by atoms with van der Waals surface area (Å²) in [6.07, 6.45) is 7.04. The molecule has 0 saturated carbocycles. The van der Waals surface area contributed by atoms with Gasteiger partial charge in [-0.2, -0.15) is 6.07 Å². The summed E-state index contributed by atoms with van der Waals surface area (Å²) < 4.78 is 19.9. The summed E-state index contributed by atoms with van der Waals surface area (Å²) in [5, 5.41) is 2.23. The van der Waals surface area contributed by atoms with Crippen molar-refractivity contribution in [3.63, 3.8) is 0 Å². The minimum absolute atomic E-state index is 0. The Balaban J connectivity index is 0.00000288. The summed E-state index contributed by atoms with van der Waals surface area (Å²) in [7, 11) is 0.